The summed E-state index contributed by atoms with van der Waals surface area (Å²) in [7, 11) is 0. The number of aryl methyl sites for hydroxylation is 1. The molecule has 6 nitrogen and oxygen atoms in total. The topological polar surface area (TPSA) is 76.0 Å². The standard InChI is InChI=1S/C20H28N4O2/c1-2-3-6-13-24-20(26)17-8-5-4-7-16(17)18(23-24)19(25)22-12-10-15-9-11-21-14-15/h4-5,7-8,15,21H,2-3,6,9-14H2,1H3,(H,22,25). The average Bonchev–Trinajstić information content (AvgIpc) is 3.17. The molecule has 26 heavy (non-hydrogen) atoms. The lowest BCUT2D eigenvalue weighted by atomic mass is 10.1. The second-order valence-electron chi connectivity index (χ2n) is 7.03. The van der Waals surface area contributed by atoms with Crippen molar-refractivity contribution < 1.29 is 4.79 Å². The van der Waals surface area contributed by atoms with Crippen LogP contribution in [0.3, 0.4) is 0 Å². The average molecular weight is 356 g/mol. The van der Waals surface area contributed by atoms with Gasteiger partial charge in [0.05, 0.1) is 5.39 Å². The van der Waals surface area contributed by atoms with Crippen molar-refractivity contribution in [1.29, 1.82) is 0 Å². The Bertz CT molecular complexity index is 809. The molecule has 0 bridgehead atoms. The van der Waals surface area contributed by atoms with E-state index < -0.39 is 0 Å². The Balaban J connectivity index is 1.79. The molecule has 1 unspecified atom stereocenters. The third-order valence-electron chi connectivity index (χ3n) is 5.06. The number of benzene rings is 1. The predicted octanol–water partition coefficient (Wildman–Crippen LogP) is 2.32. The zero-order chi connectivity index (χ0) is 18.4. The zero-order valence-electron chi connectivity index (χ0n) is 15.5. The normalized spacial score (nSPS) is 16.9. The maximum Gasteiger partial charge on any atom is 0.274 e. The molecule has 3 rings (SSSR count). The van der Waals surface area contributed by atoms with Crippen LogP contribution in [0.5, 0.6) is 0 Å². The van der Waals surface area contributed by atoms with Gasteiger partial charge in [-0.1, -0.05) is 38.0 Å². The van der Waals surface area contributed by atoms with Crippen LogP contribution in [0.4, 0.5) is 0 Å². The maximum absolute atomic E-state index is 12.7. The van der Waals surface area contributed by atoms with Crippen LogP contribution in [0.15, 0.2) is 29.1 Å². The molecule has 2 N–H and O–H groups in total. The van der Waals surface area contributed by atoms with E-state index in [2.05, 4.69) is 22.7 Å². The molecule has 1 amide bonds. The first kappa shape index (κ1) is 18.6. The van der Waals surface area contributed by atoms with Crippen LogP contribution in [0, 0.1) is 5.92 Å². The number of fused-ring (bicyclic) bond motifs is 1. The summed E-state index contributed by atoms with van der Waals surface area (Å²) >= 11 is 0. The second-order valence-corrected chi connectivity index (χ2v) is 7.03. The van der Waals surface area contributed by atoms with Crippen molar-refractivity contribution in [3.05, 3.63) is 40.3 Å². The Hall–Kier alpha value is -2.21. The van der Waals surface area contributed by atoms with Crippen LogP contribution in [0.1, 0.15) is 49.5 Å². The van der Waals surface area contributed by atoms with Crippen LogP contribution >= 0.6 is 0 Å². The van der Waals surface area contributed by atoms with Crippen molar-refractivity contribution in [3.8, 4) is 0 Å². The monoisotopic (exact) mass is 356 g/mol. The second kappa shape index (κ2) is 8.94. The highest BCUT2D eigenvalue weighted by atomic mass is 16.2. The van der Waals surface area contributed by atoms with Crippen molar-refractivity contribution in [1.82, 2.24) is 20.4 Å². The van der Waals surface area contributed by atoms with Crippen molar-refractivity contribution >= 4 is 16.7 Å². The van der Waals surface area contributed by atoms with Gasteiger partial charge in [-0.3, -0.25) is 9.59 Å². The molecule has 1 aliphatic heterocycles. The van der Waals surface area contributed by atoms with E-state index in [1.165, 1.54) is 11.1 Å². The van der Waals surface area contributed by atoms with Crippen LogP contribution in [-0.4, -0.2) is 35.3 Å². The fraction of sp³-hybridized carbons (Fsp3) is 0.550. The van der Waals surface area contributed by atoms with E-state index in [1.54, 1.807) is 12.1 Å². The summed E-state index contributed by atoms with van der Waals surface area (Å²) in [6.07, 6.45) is 5.13. The Labute approximate surface area is 154 Å². The molecule has 6 heteroatoms. The molecule has 0 spiro atoms. The van der Waals surface area contributed by atoms with E-state index in [1.807, 2.05) is 12.1 Å². The SMILES string of the molecule is CCCCCn1nc(C(=O)NCCC2CCNC2)c2ccccc2c1=O. The number of rotatable bonds is 8. The smallest absolute Gasteiger partial charge is 0.274 e. The number of aromatic nitrogens is 2. The minimum Gasteiger partial charge on any atom is -0.351 e. The lowest BCUT2D eigenvalue weighted by molar-refractivity contribution is 0.0946. The molecule has 0 saturated carbocycles. The molecule has 0 aliphatic carbocycles. The molecule has 1 aliphatic rings. The van der Waals surface area contributed by atoms with Gasteiger partial charge in [0.2, 0.25) is 0 Å². The van der Waals surface area contributed by atoms with Crippen molar-refractivity contribution in [2.75, 3.05) is 19.6 Å². The summed E-state index contributed by atoms with van der Waals surface area (Å²) in [6.45, 7) is 5.39. The summed E-state index contributed by atoms with van der Waals surface area (Å²) in [5, 5.41) is 11.9. The van der Waals surface area contributed by atoms with E-state index >= 15 is 0 Å². The molecular weight excluding hydrogens is 328 g/mol. The number of unbranched alkanes of at least 4 members (excludes halogenated alkanes) is 2. The predicted molar refractivity (Wildman–Crippen MR) is 103 cm³/mol. The Morgan fingerprint density at radius 3 is 2.85 bits per heavy atom. The van der Waals surface area contributed by atoms with E-state index in [0.717, 1.165) is 38.8 Å². The van der Waals surface area contributed by atoms with Gasteiger partial charge in [-0.05, 0) is 44.3 Å². The highest BCUT2D eigenvalue weighted by Crippen LogP contribution is 2.14. The van der Waals surface area contributed by atoms with Gasteiger partial charge in [0.1, 0.15) is 0 Å². The zero-order valence-corrected chi connectivity index (χ0v) is 15.5. The van der Waals surface area contributed by atoms with Gasteiger partial charge in [-0.25, -0.2) is 4.68 Å². The molecule has 2 aromatic rings. The molecule has 1 aromatic carbocycles. The largest absolute Gasteiger partial charge is 0.351 e. The summed E-state index contributed by atoms with van der Waals surface area (Å²) in [5.41, 5.74) is 0.228. The molecular formula is C20H28N4O2. The summed E-state index contributed by atoms with van der Waals surface area (Å²) < 4.78 is 1.45. The lowest BCUT2D eigenvalue weighted by Gasteiger charge is -2.12. The van der Waals surface area contributed by atoms with E-state index in [4.69, 9.17) is 0 Å². The first-order chi connectivity index (χ1) is 12.7. The van der Waals surface area contributed by atoms with Crippen LogP contribution in [0.25, 0.3) is 10.8 Å². The Morgan fingerprint density at radius 2 is 2.12 bits per heavy atom. The molecule has 1 atom stereocenters. The number of hydrogen-bond acceptors (Lipinski definition) is 4. The van der Waals surface area contributed by atoms with Gasteiger partial charge >= 0.3 is 0 Å². The molecule has 1 saturated heterocycles. The lowest BCUT2D eigenvalue weighted by Crippen LogP contribution is -2.32. The third kappa shape index (κ3) is 4.30. The summed E-state index contributed by atoms with van der Waals surface area (Å²) in [6, 6.07) is 7.24. The van der Waals surface area contributed by atoms with Crippen molar-refractivity contribution in [2.45, 2.75) is 45.6 Å². The van der Waals surface area contributed by atoms with E-state index in [-0.39, 0.29) is 11.5 Å². The number of carbonyl (C=O) groups is 1. The molecule has 1 aromatic heterocycles. The first-order valence-electron chi connectivity index (χ1n) is 9.69. The minimum atomic E-state index is -0.198. The number of nitrogens with zero attached hydrogens (tertiary/aromatic N) is 2. The van der Waals surface area contributed by atoms with Gasteiger partial charge < -0.3 is 10.6 Å². The minimum absolute atomic E-state index is 0.120. The molecule has 0 radical (unpaired) electrons. The Morgan fingerprint density at radius 1 is 1.31 bits per heavy atom. The van der Waals surface area contributed by atoms with Gasteiger partial charge in [0, 0.05) is 18.5 Å². The van der Waals surface area contributed by atoms with Crippen LogP contribution in [-0.2, 0) is 6.54 Å². The van der Waals surface area contributed by atoms with Crippen LogP contribution < -0.4 is 16.2 Å². The maximum atomic E-state index is 12.7. The first-order valence-corrected chi connectivity index (χ1v) is 9.69. The van der Waals surface area contributed by atoms with Crippen molar-refractivity contribution in [3.63, 3.8) is 0 Å². The summed E-state index contributed by atoms with van der Waals surface area (Å²) in [5.74, 6) is 0.430. The Kier molecular flexibility index (Phi) is 6.39. The van der Waals surface area contributed by atoms with E-state index in [0.29, 0.717) is 35.5 Å². The molecule has 2 heterocycles. The van der Waals surface area contributed by atoms with E-state index in [9.17, 15) is 9.59 Å². The highest BCUT2D eigenvalue weighted by Gasteiger charge is 2.18. The number of amides is 1. The van der Waals surface area contributed by atoms with Gasteiger partial charge in [0.25, 0.3) is 11.5 Å². The van der Waals surface area contributed by atoms with Gasteiger partial charge in [0.15, 0.2) is 5.69 Å². The molecule has 1 fully saturated rings. The fourth-order valence-corrected chi connectivity index (χ4v) is 3.50. The fourth-order valence-electron chi connectivity index (χ4n) is 3.50. The summed E-state index contributed by atoms with van der Waals surface area (Å²) in [4.78, 5) is 25.4. The van der Waals surface area contributed by atoms with Gasteiger partial charge in [-0.15, -0.1) is 0 Å². The number of carbonyl (C=O) groups excluding carboxylic acids is 1. The molecule has 140 valence electrons. The number of nitrogens with one attached hydrogen (secondary N) is 2. The van der Waals surface area contributed by atoms with Gasteiger partial charge in [-0.2, -0.15) is 5.10 Å². The quantitative estimate of drug-likeness (QED) is 0.712. The van der Waals surface area contributed by atoms with Crippen LogP contribution in [0.2, 0.25) is 0 Å². The third-order valence-corrected chi connectivity index (χ3v) is 5.06. The number of hydrogen-bond donors (Lipinski definition) is 2. The van der Waals surface area contributed by atoms with Crippen molar-refractivity contribution in [2.24, 2.45) is 5.92 Å². The highest BCUT2D eigenvalue weighted by molar-refractivity contribution is 6.04.